The van der Waals surface area contributed by atoms with Crippen molar-refractivity contribution in [2.75, 3.05) is 26.7 Å². The fourth-order valence-corrected chi connectivity index (χ4v) is 10.2. The van der Waals surface area contributed by atoms with E-state index in [4.69, 9.17) is 14.2 Å². The quantitative estimate of drug-likeness (QED) is 0.143. The lowest BCUT2D eigenvalue weighted by Crippen LogP contribution is -2.71. The molecule has 6 aliphatic rings. The van der Waals surface area contributed by atoms with Crippen LogP contribution in [0.2, 0.25) is 0 Å². The van der Waals surface area contributed by atoms with Crippen molar-refractivity contribution in [1.82, 2.24) is 5.32 Å². The summed E-state index contributed by atoms with van der Waals surface area (Å²) in [6.07, 6.45) is 3.38. The van der Waals surface area contributed by atoms with Crippen molar-refractivity contribution in [3.05, 3.63) is 64.4 Å². The zero-order valence-electron chi connectivity index (χ0n) is 27.7. The number of ether oxygens (including phenoxy) is 3. The van der Waals surface area contributed by atoms with Crippen molar-refractivity contribution in [3.63, 3.8) is 0 Å². The second-order valence-electron chi connectivity index (χ2n) is 15.2. The molecule has 1 aromatic carbocycles. The third-order valence-electron chi connectivity index (χ3n) is 11.8. The van der Waals surface area contributed by atoms with Gasteiger partial charge in [0.25, 0.3) is 5.91 Å². The maximum atomic E-state index is 14.4. The van der Waals surface area contributed by atoms with E-state index in [1.165, 1.54) is 45.1 Å². The number of carbonyl (C=O) groups excluding carboxylic acids is 2. The van der Waals surface area contributed by atoms with Crippen LogP contribution in [0.3, 0.4) is 0 Å². The lowest BCUT2D eigenvalue weighted by atomic mass is 9.49. The topological polar surface area (TPSA) is 73.9 Å². The third-order valence-corrected chi connectivity index (χ3v) is 11.8. The van der Waals surface area contributed by atoms with Crippen LogP contribution in [0, 0.1) is 23.2 Å². The molecule has 0 aromatic heterocycles. The third kappa shape index (κ3) is 5.39. The number of quaternary nitrogens is 1. The summed E-state index contributed by atoms with van der Waals surface area (Å²) in [5.74, 6) is -0.0373. The van der Waals surface area contributed by atoms with E-state index in [2.05, 4.69) is 19.2 Å². The van der Waals surface area contributed by atoms with Crippen LogP contribution in [-0.2, 0) is 23.8 Å². The van der Waals surface area contributed by atoms with E-state index < -0.39 is 35.5 Å². The van der Waals surface area contributed by atoms with E-state index >= 15 is 0 Å². The van der Waals surface area contributed by atoms with Gasteiger partial charge < -0.3 is 24.0 Å². The molecule has 1 amide bonds. The normalized spacial score (nSPS) is 36.2. The van der Waals surface area contributed by atoms with Crippen LogP contribution in [0.25, 0.3) is 6.08 Å². The van der Waals surface area contributed by atoms with E-state index in [0.717, 1.165) is 72.9 Å². The van der Waals surface area contributed by atoms with Gasteiger partial charge in [0.1, 0.15) is 17.4 Å². The van der Waals surface area contributed by atoms with Crippen molar-refractivity contribution < 1.29 is 41.5 Å². The Morgan fingerprint density at radius 3 is 2.53 bits per heavy atom. The number of alkyl halides is 3. The van der Waals surface area contributed by atoms with Gasteiger partial charge in [0, 0.05) is 61.7 Å². The molecule has 3 unspecified atom stereocenters. The summed E-state index contributed by atoms with van der Waals surface area (Å²) in [5.41, 5.74) is -1.42. The Morgan fingerprint density at radius 1 is 1.15 bits per heavy atom. The van der Waals surface area contributed by atoms with Crippen molar-refractivity contribution in [2.45, 2.75) is 95.9 Å². The van der Waals surface area contributed by atoms with Crippen molar-refractivity contribution in [1.29, 1.82) is 0 Å². The maximum Gasteiger partial charge on any atom is 0.421 e. The van der Waals surface area contributed by atoms with Gasteiger partial charge in [-0.15, -0.1) is 0 Å². The molecular weight excluding hydrogens is 609 g/mol. The van der Waals surface area contributed by atoms with Gasteiger partial charge in [0.05, 0.1) is 31.8 Å². The SMILES string of the molecule is COC1(NC(=O)C(=Cc2ccccc2)C(F)(F)F)C=C(OC(C)=O)C2=C3C1O[C@H]1CCC[C@H]4[C@@H](C2)[N+](CC(C)C)(CC2CC2)CC[C@]314. The zero-order valence-corrected chi connectivity index (χ0v) is 27.7. The molecule has 2 heterocycles. The molecule has 1 spiro atoms. The number of nitrogens with one attached hydrogen (secondary N) is 1. The minimum Gasteiger partial charge on any atom is -0.427 e. The van der Waals surface area contributed by atoms with Gasteiger partial charge in [-0.3, -0.25) is 9.59 Å². The van der Waals surface area contributed by atoms with Crippen LogP contribution in [0.1, 0.15) is 71.3 Å². The number of carbonyl (C=O) groups is 2. The zero-order chi connectivity index (χ0) is 33.4. The summed E-state index contributed by atoms with van der Waals surface area (Å²) in [4.78, 5) is 26.3. The van der Waals surface area contributed by atoms with E-state index in [1.807, 2.05) is 0 Å². The highest BCUT2D eigenvalue weighted by molar-refractivity contribution is 5.99. The van der Waals surface area contributed by atoms with Crippen LogP contribution >= 0.6 is 0 Å². The Bertz CT molecular complexity index is 1530. The number of nitrogens with zero attached hydrogens (tertiary/aromatic N) is 1. The molecule has 1 N–H and O–H groups in total. The van der Waals surface area contributed by atoms with Gasteiger partial charge in [0.2, 0.25) is 0 Å². The summed E-state index contributed by atoms with van der Waals surface area (Å²) >= 11 is 0. The van der Waals surface area contributed by atoms with Crippen molar-refractivity contribution >= 4 is 18.0 Å². The van der Waals surface area contributed by atoms with E-state index in [1.54, 1.807) is 18.2 Å². The Balaban J connectivity index is 1.34. The number of allylic oxidation sites excluding steroid dienone is 1. The molecule has 7 atom stereocenters. The van der Waals surface area contributed by atoms with E-state index in [9.17, 15) is 22.8 Å². The van der Waals surface area contributed by atoms with Gasteiger partial charge in [-0.05, 0) is 42.9 Å². The smallest absolute Gasteiger partial charge is 0.421 e. The molecular formula is C37H46F3N2O5+. The van der Waals surface area contributed by atoms with Gasteiger partial charge in [0.15, 0.2) is 5.72 Å². The monoisotopic (exact) mass is 655 g/mol. The van der Waals surface area contributed by atoms with Gasteiger partial charge in [-0.2, -0.15) is 13.2 Å². The first-order chi connectivity index (χ1) is 22.3. The number of hydrogen-bond acceptors (Lipinski definition) is 5. The number of methoxy groups -OCH3 is 1. The van der Waals surface area contributed by atoms with Gasteiger partial charge >= 0.3 is 12.1 Å². The molecule has 7 rings (SSSR count). The Hall–Kier alpha value is -2.95. The van der Waals surface area contributed by atoms with Crippen LogP contribution in [0.15, 0.2) is 58.9 Å². The predicted octanol–water partition coefficient (Wildman–Crippen LogP) is 6.46. The highest BCUT2D eigenvalue weighted by atomic mass is 19.4. The second kappa shape index (κ2) is 11.6. The summed E-state index contributed by atoms with van der Waals surface area (Å²) in [5, 5.41) is 2.62. The van der Waals surface area contributed by atoms with Crippen LogP contribution in [0.5, 0.6) is 0 Å². The fourth-order valence-electron chi connectivity index (χ4n) is 10.2. The van der Waals surface area contributed by atoms with Gasteiger partial charge in [-0.1, -0.05) is 50.6 Å². The molecule has 10 heteroatoms. The molecule has 1 aromatic rings. The molecule has 4 fully saturated rings. The molecule has 2 saturated heterocycles. The van der Waals surface area contributed by atoms with E-state index in [0.29, 0.717) is 24.3 Å². The fraction of sp³-hybridized carbons (Fsp3) is 0.622. The molecule has 2 bridgehead atoms. The number of amides is 1. The number of esters is 1. The standard InChI is InChI=1S/C37H45F3N2O5/c1-22(2)20-42(21-25-13-14-25)16-15-35-27-11-8-12-31(35)47-33-32(35)26(18-29(27)42)30(46-23(3)43)19-36(33,45-4)41-34(44)28(37(38,39)40)17-24-9-6-5-7-10-24/h5-7,9-10,17,19,22,25,27,29,31,33H,8,11-16,18,20-21H2,1-4H3/p+1/t27-,29+,31-,33?,35+,36?,42?/m0/s1. The summed E-state index contributed by atoms with van der Waals surface area (Å²) in [6.45, 7) is 9.17. The molecule has 0 radical (unpaired) electrons. The lowest BCUT2D eigenvalue weighted by molar-refractivity contribution is -0.967. The molecule has 7 nitrogen and oxygen atoms in total. The summed E-state index contributed by atoms with van der Waals surface area (Å²) in [7, 11) is 1.36. The number of hydrogen-bond donors (Lipinski definition) is 1. The summed E-state index contributed by atoms with van der Waals surface area (Å²) < 4.78 is 63.3. The number of rotatable bonds is 9. The summed E-state index contributed by atoms with van der Waals surface area (Å²) in [6, 6.07) is 8.26. The average molecular weight is 656 g/mol. The van der Waals surface area contributed by atoms with E-state index in [-0.39, 0.29) is 22.8 Å². The molecule has 47 heavy (non-hydrogen) atoms. The maximum absolute atomic E-state index is 14.4. The Morgan fingerprint density at radius 2 is 1.89 bits per heavy atom. The number of piperidine rings is 1. The van der Waals surface area contributed by atoms with Crippen LogP contribution < -0.4 is 5.32 Å². The first-order valence-corrected chi connectivity index (χ1v) is 17.2. The second-order valence-corrected chi connectivity index (χ2v) is 15.2. The first kappa shape index (κ1) is 32.6. The van der Waals surface area contributed by atoms with Crippen LogP contribution in [0.4, 0.5) is 13.2 Å². The Labute approximate surface area is 274 Å². The largest absolute Gasteiger partial charge is 0.427 e. The number of likely N-dealkylation sites (tertiary alicyclic amines) is 1. The molecule has 254 valence electrons. The van der Waals surface area contributed by atoms with Crippen LogP contribution in [-0.4, -0.2) is 73.3 Å². The van der Waals surface area contributed by atoms with Gasteiger partial charge in [-0.25, -0.2) is 0 Å². The minimum absolute atomic E-state index is 0.167. The Kier molecular flexibility index (Phi) is 8.03. The van der Waals surface area contributed by atoms with Crippen molar-refractivity contribution in [2.24, 2.45) is 23.2 Å². The first-order valence-electron chi connectivity index (χ1n) is 17.2. The highest BCUT2D eigenvalue weighted by Gasteiger charge is 2.72. The minimum atomic E-state index is -4.94. The number of halogens is 3. The van der Waals surface area contributed by atoms with Crippen molar-refractivity contribution in [3.8, 4) is 0 Å². The number of benzene rings is 1. The average Bonchev–Trinajstić information content (AvgIpc) is 3.75. The predicted molar refractivity (Wildman–Crippen MR) is 169 cm³/mol. The highest BCUT2D eigenvalue weighted by Crippen LogP contribution is 2.68. The molecule has 2 saturated carbocycles. The molecule has 2 aliphatic heterocycles. The molecule has 4 aliphatic carbocycles. The lowest BCUT2D eigenvalue weighted by Gasteiger charge is -2.63.